The third-order valence-electron chi connectivity index (χ3n) is 5.29. The maximum Gasteiger partial charge on any atom is 0.248 e. The molecule has 32 heavy (non-hydrogen) atoms. The normalized spacial score (nSPS) is 16.1. The third-order valence-corrected chi connectivity index (χ3v) is 5.29. The first kappa shape index (κ1) is 21.7. The molecule has 8 heteroatoms. The number of aromatic nitrogens is 2. The highest BCUT2D eigenvalue weighted by molar-refractivity contribution is 5.78. The van der Waals surface area contributed by atoms with Gasteiger partial charge < -0.3 is 19.3 Å². The minimum absolute atomic E-state index is 0.0116. The van der Waals surface area contributed by atoms with Crippen LogP contribution in [-0.2, 0) is 16.1 Å². The zero-order chi connectivity index (χ0) is 22.3. The third kappa shape index (κ3) is 5.39. The number of rotatable bonds is 7. The summed E-state index contributed by atoms with van der Waals surface area (Å²) in [6.07, 6.45) is 1.39. The highest BCUT2D eigenvalue weighted by atomic mass is 19.1. The van der Waals surface area contributed by atoms with E-state index in [1.54, 1.807) is 24.3 Å². The van der Waals surface area contributed by atoms with Gasteiger partial charge in [0.25, 0.3) is 0 Å². The molecule has 1 aromatic heterocycles. The first-order valence-electron chi connectivity index (χ1n) is 10.5. The zero-order valence-corrected chi connectivity index (χ0v) is 17.9. The second-order valence-corrected chi connectivity index (χ2v) is 7.61. The molecule has 2 heterocycles. The quantitative estimate of drug-likeness (QED) is 0.563. The van der Waals surface area contributed by atoms with Crippen LogP contribution in [0.15, 0.2) is 67.0 Å². The van der Waals surface area contributed by atoms with Crippen molar-refractivity contribution in [1.82, 2.24) is 14.9 Å². The summed E-state index contributed by atoms with van der Waals surface area (Å²) in [4.78, 5) is 24.9. The van der Waals surface area contributed by atoms with E-state index in [1.165, 1.54) is 12.4 Å². The van der Waals surface area contributed by atoms with E-state index in [0.29, 0.717) is 32.1 Å². The molecule has 0 spiro atoms. The Bertz CT molecular complexity index is 1050. The Morgan fingerprint density at radius 3 is 2.66 bits per heavy atom. The lowest BCUT2D eigenvalue weighted by Crippen LogP contribution is -2.55. The van der Waals surface area contributed by atoms with Gasteiger partial charge in [-0.2, -0.15) is 0 Å². The van der Waals surface area contributed by atoms with E-state index < -0.39 is 5.82 Å². The molecule has 0 radical (unpaired) electrons. The van der Waals surface area contributed by atoms with Gasteiger partial charge in [-0.25, -0.2) is 14.4 Å². The number of anilines is 1. The molecule has 1 aliphatic rings. The Labute approximate surface area is 186 Å². The maximum absolute atomic E-state index is 13.9. The van der Waals surface area contributed by atoms with Gasteiger partial charge in [-0.1, -0.05) is 42.5 Å². The topological polar surface area (TPSA) is 67.8 Å². The standard InChI is InChI=1S/C24H25FN4O3/c1-18-14-28(11-12-29(18)24(30)16-31-15-19-7-3-2-4-8-19)22-13-23(27-17-26-22)32-21-10-6-5-9-20(21)25/h2-10,13,17-18H,11-12,14-16H2,1H3/t18-/m0/s1. The minimum atomic E-state index is -0.456. The van der Waals surface area contributed by atoms with Gasteiger partial charge in [0.1, 0.15) is 18.8 Å². The monoisotopic (exact) mass is 436 g/mol. The number of amides is 1. The summed E-state index contributed by atoms with van der Waals surface area (Å²) >= 11 is 0. The molecule has 0 saturated carbocycles. The van der Waals surface area contributed by atoms with Crippen LogP contribution in [0.2, 0.25) is 0 Å². The van der Waals surface area contributed by atoms with Crippen LogP contribution in [0.4, 0.5) is 10.2 Å². The molecule has 1 fully saturated rings. The summed E-state index contributed by atoms with van der Waals surface area (Å²) in [5, 5.41) is 0. The minimum Gasteiger partial charge on any atom is -0.436 e. The van der Waals surface area contributed by atoms with Crippen LogP contribution in [0.1, 0.15) is 12.5 Å². The maximum atomic E-state index is 13.9. The van der Waals surface area contributed by atoms with Crippen LogP contribution < -0.4 is 9.64 Å². The van der Waals surface area contributed by atoms with Crippen molar-refractivity contribution < 1.29 is 18.7 Å². The van der Waals surface area contributed by atoms with Crippen LogP contribution in [0.5, 0.6) is 11.6 Å². The SMILES string of the molecule is C[C@H]1CN(c2cc(Oc3ccccc3F)ncn2)CCN1C(=O)COCc1ccccc1. The van der Waals surface area contributed by atoms with Gasteiger partial charge in [0.05, 0.1) is 6.61 Å². The average Bonchev–Trinajstić information content (AvgIpc) is 2.81. The number of hydrogen-bond donors (Lipinski definition) is 0. The fourth-order valence-electron chi connectivity index (χ4n) is 3.65. The van der Waals surface area contributed by atoms with Gasteiger partial charge in [0.2, 0.25) is 11.8 Å². The lowest BCUT2D eigenvalue weighted by Gasteiger charge is -2.40. The van der Waals surface area contributed by atoms with Crippen molar-refractivity contribution in [2.75, 3.05) is 31.1 Å². The first-order valence-corrected chi connectivity index (χ1v) is 10.5. The fourth-order valence-corrected chi connectivity index (χ4v) is 3.65. The molecule has 1 saturated heterocycles. The lowest BCUT2D eigenvalue weighted by atomic mass is 10.2. The van der Waals surface area contributed by atoms with E-state index in [2.05, 4.69) is 14.9 Å². The highest BCUT2D eigenvalue weighted by Gasteiger charge is 2.28. The number of halogens is 1. The van der Waals surface area contributed by atoms with Crippen LogP contribution in [0, 0.1) is 5.82 Å². The van der Waals surface area contributed by atoms with Crippen LogP contribution in [0.25, 0.3) is 0 Å². The van der Waals surface area contributed by atoms with Gasteiger partial charge in [-0.05, 0) is 24.6 Å². The Balaban J connectivity index is 1.32. The molecule has 1 atom stereocenters. The van der Waals surface area contributed by atoms with Crippen molar-refractivity contribution >= 4 is 11.7 Å². The van der Waals surface area contributed by atoms with E-state index in [-0.39, 0.29) is 30.2 Å². The molecule has 1 amide bonds. The number of hydrogen-bond acceptors (Lipinski definition) is 6. The van der Waals surface area contributed by atoms with E-state index in [1.807, 2.05) is 42.2 Å². The summed E-state index contributed by atoms with van der Waals surface area (Å²) in [5.41, 5.74) is 1.04. The molecule has 166 valence electrons. The van der Waals surface area contributed by atoms with E-state index in [4.69, 9.17) is 9.47 Å². The smallest absolute Gasteiger partial charge is 0.248 e. The van der Waals surface area contributed by atoms with Crippen LogP contribution in [-0.4, -0.2) is 53.1 Å². The Kier molecular flexibility index (Phi) is 6.91. The summed E-state index contributed by atoms with van der Waals surface area (Å²) in [6.45, 7) is 4.24. The van der Waals surface area contributed by atoms with E-state index in [9.17, 15) is 9.18 Å². The molecule has 1 aliphatic heterocycles. The van der Waals surface area contributed by atoms with Crippen LogP contribution >= 0.6 is 0 Å². The molecule has 0 N–H and O–H groups in total. The predicted molar refractivity (Wildman–Crippen MR) is 118 cm³/mol. The van der Waals surface area contributed by atoms with Crippen molar-refractivity contribution in [2.45, 2.75) is 19.6 Å². The number of ether oxygens (including phenoxy) is 2. The Hall–Kier alpha value is -3.52. The largest absolute Gasteiger partial charge is 0.436 e. The van der Waals surface area contributed by atoms with Crippen molar-refractivity contribution in [1.29, 1.82) is 0 Å². The molecule has 0 bridgehead atoms. The predicted octanol–water partition coefficient (Wildman–Crippen LogP) is 3.66. The fraction of sp³-hybridized carbons (Fsp3) is 0.292. The number of nitrogens with zero attached hydrogens (tertiary/aromatic N) is 4. The summed E-state index contributed by atoms with van der Waals surface area (Å²) < 4.78 is 25.0. The number of piperazine rings is 1. The number of benzene rings is 2. The molecular weight excluding hydrogens is 411 g/mol. The number of carbonyl (C=O) groups excluding carboxylic acids is 1. The molecule has 7 nitrogen and oxygen atoms in total. The van der Waals surface area contributed by atoms with Gasteiger partial charge in [-0.3, -0.25) is 4.79 Å². The number of para-hydroxylation sites is 1. The second kappa shape index (κ2) is 10.2. The van der Waals surface area contributed by atoms with Crippen molar-refractivity contribution in [3.05, 3.63) is 78.4 Å². The Morgan fingerprint density at radius 1 is 1.09 bits per heavy atom. The van der Waals surface area contributed by atoms with Gasteiger partial charge in [0.15, 0.2) is 11.6 Å². The van der Waals surface area contributed by atoms with Gasteiger partial charge in [-0.15, -0.1) is 0 Å². The first-order chi connectivity index (χ1) is 15.6. The summed E-state index contributed by atoms with van der Waals surface area (Å²) in [6, 6.07) is 17.6. The zero-order valence-electron chi connectivity index (χ0n) is 17.9. The summed E-state index contributed by atoms with van der Waals surface area (Å²) in [5.74, 6) is 0.560. The van der Waals surface area contributed by atoms with E-state index in [0.717, 1.165) is 5.56 Å². The Morgan fingerprint density at radius 2 is 1.88 bits per heavy atom. The van der Waals surface area contributed by atoms with Crippen molar-refractivity contribution in [3.63, 3.8) is 0 Å². The average molecular weight is 436 g/mol. The van der Waals surface area contributed by atoms with E-state index >= 15 is 0 Å². The number of carbonyl (C=O) groups is 1. The molecular formula is C24H25FN4O3. The highest BCUT2D eigenvalue weighted by Crippen LogP contribution is 2.25. The molecule has 0 unspecified atom stereocenters. The molecule has 0 aliphatic carbocycles. The summed E-state index contributed by atoms with van der Waals surface area (Å²) in [7, 11) is 0. The van der Waals surface area contributed by atoms with Crippen LogP contribution in [0.3, 0.4) is 0 Å². The molecule has 3 aromatic rings. The van der Waals surface area contributed by atoms with Crippen molar-refractivity contribution in [2.24, 2.45) is 0 Å². The van der Waals surface area contributed by atoms with Gasteiger partial charge in [0, 0.05) is 31.7 Å². The second-order valence-electron chi connectivity index (χ2n) is 7.61. The molecule has 2 aromatic carbocycles. The van der Waals surface area contributed by atoms with Crippen molar-refractivity contribution in [3.8, 4) is 11.6 Å². The molecule has 4 rings (SSSR count). The van der Waals surface area contributed by atoms with Gasteiger partial charge >= 0.3 is 0 Å². The lowest BCUT2D eigenvalue weighted by molar-refractivity contribution is -0.139.